The smallest absolute Gasteiger partial charge is 0.0488 e. The summed E-state index contributed by atoms with van der Waals surface area (Å²) in [4.78, 5) is 0. The molecule has 1 N–H and O–H groups in total. The SMILES string of the molecule is CNC(CC(C)COC)C1CCCC1. The van der Waals surface area contributed by atoms with E-state index in [0.717, 1.165) is 12.5 Å². The number of hydrogen-bond acceptors (Lipinski definition) is 2. The van der Waals surface area contributed by atoms with E-state index in [1.165, 1.54) is 32.1 Å². The Morgan fingerprint density at radius 3 is 2.50 bits per heavy atom. The first-order chi connectivity index (χ1) is 6.77. The summed E-state index contributed by atoms with van der Waals surface area (Å²) in [5.74, 6) is 1.59. The second-order valence-electron chi connectivity index (χ2n) is 4.74. The second kappa shape index (κ2) is 6.41. The zero-order chi connectivity index (χ0) is 10.4. The van der Waals surface area contributed by atoms with Crippen LogP contribution in [-0.4, -0.2) is 26.8 Å². The lowest BCUT2D eigenvalue weighted by Gasteiger charge is -2.25. The first kappa shape index (κ1) is 12.0. The van der Waals surface area contributed by atoms with E-state index in [4.69, 9.17) is 4.74 Å². The molecule has 1 aliphatic rings. The number of ether oxygens (including phenoxy) is 1. The van der Waals surface area contributed by atoms with Crippen molar-refractivity contribution in [2.24, 2.45) is 11.8 Å². The minimum Gasteiger partial charge on any atom is -0.384 e. The molecule has 0 radical (unpaired) electrons. The van der Waals surface area contributed by atoms with E-state index in [0.29, 0.717) is 12.0 Å². The minimum absolute atomic E-state index is 0.679. The molecule has 14 heavy (non-hydrogen) atoms. The lowest BCUT2D eigenvalue weighted by Crippen LogP contribution is -2.34. The van der Waals surface area contributed by atoms with Gasteiger partial charge in [-0.25, -0.2) is 0 Å². The standard InChI is InChI=1S/C12H25NO/c1-10(9-14-3)8-12(13-2)11-6-4-5-7-11/h10-13H,4-9H2,1-3H3. The van der Waals surface area contributed by atoms with Gasteiger partial charge in [0.1, 0.15) is 0 Å². The Labute approximate surface area is 88.4 Å². The molecule has 1 rings (SSSR count). The van der Waals surface area contributed by atoms with Crippen LogP contribution in [0.1, 0.15) is 39.0 Å². The molecule has 0 aromatic rings. The molecule has 0 spiro atoms. The van der Waals surface area contributed by atoms with Gasteiger partial charge in [-0.15, -0.1) is 0 Å². The average molecular weight is 199 g/mol. The monoisotopic (exact) mass is 199 g/mol. The largest absolute Gasteiger partial charge is 0.384 e. The first-order valence-electron chi connectivity index (χ1n) is 5.94. The highest BCUT2D eigenvalue weighted by Crippen LogP contribution is 2.30. The Hall–Kier alpha value is -0.0800. The van der Waals surface area contributed by atoms with Crippen LogP contribution in [0.25, 0.3) is 0 Å². The van der Waals surface area contributed by atoms with Gasteiger partial charge in [0, 0.05) is 19.8 Å². The molecule has 2 unspecified atom stereocenters. The van der Waals surface area contributed by atoms with Gasteiger partial charge in [-0.05, 0) is 38.1 Å². The molecule has 0 aromatic heterocycles. The Morgan fingerprint density at radius 2 is 2.00 bits per heavy atom. The fraction of sp³-hybridized carbons (Fsp3) is 1.00. The van der Waals surface area contributed by atoms with Crippen LogP contribution in [0.5, 0.6) is 0 Å². The Kier molecular flexibility index (Phi) is 5.49. The first-order valence-corrected chi connectivity index (χ1v) is 5.94. The van der Waals surface area contributed by atoms with E-state index in [-0.39, 0.29) is 0 Å². The Bertz CT molecular complexity index is 143. The van der Waals surface area contributed by atoms with Gasteiger partial charge in [-0.3, -0.25) is 0 Å². The fourth-order valence-corrected chi connectivity index (χ4v) is 2.69. The summed E-state index contributed by atoms with van der Waals surface area (Å²) in [6.45, 7) is 3.17. The average Bonchev–Trinajstić information content (AvgIpc) is 2.67. The summed E-state index contributed by atoms with van der Waals surface area (Å²) in [5, 5.41) is 3.48. The molecule has 0 aliphatic heterocycles. The normalized spacial score (nSPS) is 22.5. The number of rotatable bonds is 6. The van der Waals surface area contributed by atoms with Crippen LogP contribution in [0.3, 0.4) is 0 Å². The molecule has 0 aromatic carbocycles. The summed E-state index contributed by atoms with van der Waals surface area (Å²) in [5.41, 5.74) is 0. The summed E-state index contributed by atoms with van der Waals surface area (Å²) >= 11 is 0. The highest BCUT2D eigenvalue weighted by Gasteiger charge is 2.24. The zero-order valence-electron chi connectivity index (χ0n) is 9.88. The third-order valence-corrected chi connectivity index (χ3v) is 3.45. The Morgan fingerprint density at radius 1 is 1.36 bits per heavy atom. The van der Waals surface area contributed by atoms with Crippen LogP contribution >= 0.6 is 0 Å². The van der Waals surface area contributed by atoms with Crippen molar-refractivity contribution in [2.75, 3.05) is 20.8 Å². The fourth-order valence-electron chi connectivity index (χ4n) is 2.69. The van der Waals surface area contributed by atoms with E-state index in [1.54, 1.807) is 7.11 Å². The van der Waals surface area contributed by atoms with Crippen molar-refractivity contribution in [2.45, 2.75) is 45.1 Å². The minimum atomic E-state index is 0.679. The Balaban J connectivity index is 2.29. The van der Waals surface area contributed by atoms with Crippen LogP contribution in [-0.2, 0) is 4.74 Å². The van der Waals surface area contributed by atoms with E-state index < -0.39 is 0 Å². The van der Waals surface area contributed by atoms with E-state index in [1.807, 2.05) is 0 Å². The molecule has 0 heterocycles. The lowest BCUT2D eigenvalue weighted by atomic mass is 9.90. The molecule has 1 fully saturated rings. The van der Waals surface area contributed by atoms with Crippen molar-refractivity contribution in [3.05, 3.63) is 0 Å². The highest BCUT2D eigenvalue weighted by molar-refractivity contribution is 4.80. The third-order valence-electron chi connectivity index (χ3n) is 3.45. The maximum Gasteiger partial charge on any atom is 0.0488 e. The third kappa shape index (κ3) is 3.58. The maximum atomic E-state index is 5.18. The number of nitrogens with one attached hydrogen (secondary N) is 1. The van der Waals surface area contributed by atoms with E-state index in [2.05, 4.69) is 19.3 Å². The van der Waals surface area contributed by atoms with Crippen LogP contribution in [0.15, 0.2) is 0 Å². The molecule has 2 nitrogen and oxygen atoms in total. The van der Waals surface area contributed by atoms with Crippen LogP contribution in [0.2, 0.25) is 0 Å². The molecule has 0 bridgehead atoms. The van der Waals surface area contributed by atoms with E-state index >= 15 is 0 Å². The van der Waals surface area contributed by atoms with E-state index in [9.17, 15) is 0 Å². The summed E-state index contributed by atoms with van der Waals surface area (Å²) < 4.78 is 5.18. The lowest BCUT2D eigenvalue weighted by molar-refractivity contribution is 0.144. The van der Waals surface area contributed by atoms with Crippen molar-refractivity contribution >= 4 is 0 Å². The van der Waals surface area contributed by atoms with Crippen molar-refractivity contribution in [1.29, 1.82) is 0 Å². The predicted octanol–water partition coefficient (Wildman–Crippen LogP) is 2.44. The number of hydrogen-bond donors (Lipinski definition) is 1. The topological polar surface area (TPSA) is 21.3 Å². The maximum absolute atomic E-state index is 5.18. The molecule has 0 amide bonds. The van der Waals surface area contributed by atoms with Crippen LogP contribution in [0.4, 0.5) is 0 Å². The summed E-state index contributed by atoms with van der Waals surface area (Å²) in [6.07, 6.45) is 6.97. The molecule has 1 aliphatic carbocycles. The van der Waals surface area contributed by atoms with Crippen molar-refractivity contribution in [1.82, 2.24) is 5.32 Å². The zero-order valence-corrected chi connectivity index (χ0v) is 9.88. The molecule has 1 saturated carbocycles. The van der Waals surface area contributed by atoms with Gasteiger partial charge in [0.05, 0.1) is 0 Å². The number of methoxy groups -OCH3 is 1. The van der Waals surface area contributed by atoms with Crippen molar-refractivity contribution in [3.63, 3.8) is 0 Å². The van der Waals surface area contributed by atoms with Gasteiger partial charge in [0.15, 0.2) is 0 Å². The summed E-state index contributed by atoms with van der Waals surface area (Å²) in [7, 11) is 3.89. The molecule has 84 valence electrons. The quantitative estimate of drug-likeness (QED) is 0.709. The van der Waals surface area contributed by atoms with Gasteiger partial charge in [0.25, 0.3) is 0 Å². The van der Waals surface area contributed by atoms with Crippen LogP contribution in [0, 0.1) is 11.8 Å². The second-order valence-corrected chi connectivity index (χ2v) is 4.74. The van der Waals surface area contributed by atoms with Gasteiger partial charge in [-0.2, -0.15) is 0 Å². The molecule has 0 saturated heterocycles. The van der Waals surface area contributed by atoms with Crippen LogP contribution < -0.4 is 5.32 Å². The van der Waals surface area contributed by atoms with Gasteiger partial charge < -0.3 is 10.1 Å². The van der Waals surface area contributed by atoms with Gasteiger partial charge >= 0.3 is 0 Å². The highest BCUT2D eigenvalue weighted by atomic mass is 16.5. The van der Waals surface area contributed by atoms with Gasteiger partial charge in [-0.1, -0.05) is 19.8 Å². The molecular weight excluding hydrogens is 174 g/mol. The molecule has 2 heteroatoms. The molecular formula is C12H25NO. The summed E-state index contributed by atoms with van der Waals surface area (Å²) in [6, 6.07) is 0.711. The predicted molar refractivity (Wildman–Crippen MR) is 60.5 cm³/mol. The molecule has 2 atom stereocenters. The van der Waals surface area contributed by atoms with Crippen molar-refractivity contribution < 1.29 is 4.74 Å². The van der Waals surface area contributed by atoms with Crippen molar-refractivity contribution in [3.8, 4) is 0 Å². The van der Waals surface area contributed by atoms with Gasteiger partial charge in [0.2, 0.25) is 0 Å².